The van der Waals surface area contributed by atoms with E-state index in [9.17, 15) is 9.00 Å². The molecule has 5 heteroatoms. The molecule has 1 aromatic rings. The number of carbonyl (C=O) groups is 1. The zero-order valence-corrected chi connectivity index (χ0v) is 13.1. The number of nitrogens with one attached hydrogen (secondary N) is 1. The molecule has 1 amide bonds. The topological polar surface area (TPSA) is 49.4 Å². The fraction of sp³-hybridized carbons (Fsp3) is 0.533. The highest BCUT2D eigenvalue weighted by Gasteiger charge is 2.34. The molecular formula is C15H22N2O2S. The fourth-order valence-electron chi connectivity index (χ4n) is 2.61. The third kappa shape index (κ3) is 3.46. The first-order valence-electron chi connectivity index (χ1n) is 6.90. The molecule has 20 heavy (non-hydrogen) atoms. The van der Waals surface area contributed by atoms with Crippen molar-refractivity contribution in [3.05, 3.63) is 35.4 Å². The molecule has 3 atom stereocenters. The summed E-state index contributed by atoms with van der Waals surface area (Å²) in [7, 11) is -0.815. The van der Waals surface area contributed by atoms with Gasteiger partial charge in [0.2, 0.25) is 5.91 Å². The zero-order chi connectivity index (χ0) is 14.7. The van der Waals surface area contributed by atoms with E-state index in [1.54, 1.807) is 6.26 Å². The lowest BCUT2D eigenvalue weighted by atomic mass is 10.1. The Balaban J connectivity index is 2.16. The van der Waals surface area contributed by atoms with Crippen LogP contribution in [0.25, 0.3) is 0 Å². The lowest BCUT2D eigenvalue weighted by Gasteiger charge is -2.30. The number of hydrogen-bond acceptors (Lipinski definition) is 3. The van der Waals surface area contributed by atoms with Crippen molar-refractivity contribution in [1.82, 2.24) is 10.2 Å². The number of nitrogens with zero attached hydrogens (tertiary/aromatic N) is 1. The number of amides is 1. The van der Waals surface area contributed by atoms with Crippen molar-refractivity contribution in [3.8, 4) is 0 Å². The SMILES string of the molecule is Cc1cccc(C2NCC(=O)N2C(C)CCS(C)=O)c1. The van der Waals surface area contributed by atoms with E-state index in [2.05, 4.69) is 11.4 Å². The van der Waals surface area contributed by atoms with E-state index in [-0.39, 0.29) is 18.1 Å². The molecule has 110 valence electrons. The normalized spacial score (nSPS) is 22.1. The molecule has 1 fully saturated rings. The summed E-state index contributed by atoms with van der Waals surface area (Å²) in [5, 5.41) is 3.27. The van der Waals surface area contributed by atoms with Crippen LogP contribution in [0.4, 0.5) is 0 Å². The molecule has 3 unspecified atom stereocenters. The summed E-state index contributed by atoms with van der Waals surface area (Å²) >= 11 is 0. The first-order valence-corrected chi connectivity index (χ1v) is 8.63. The summed E-state index contributed by atoms with van der Waals surface area (Å²) in [4.78, 5) is 14.0. The Kier molecular flexibility index (Phi) is 4.94. The molecule has 2 rings (SSSR count). The van der Waals surface area contributed by atoms with Crippen LogP contribution in [-0.2, 0) is 15.6 Å². The van der Waals surface area contributed by atoms with Crippen LogP contribution in [0.5, 0.6) is 0 Å². The molecule has 1 aliphatic rings. The average molecular weight is 294 g/mol. The highest BCUT2D eigenvalue weighted by molar-refractivity contribution is 7.84. The highest BCUT2D eigenvalue weighted by Crippen LogP contribution is 2.26. The van der Waals surface area contributed by atoms with Crippen LogP contribution < -0.4 is 5.32 Å². The van der Waals surface area contributed by atoms with Crippen molar-refractivity contribution >= 4 is 16.7 Å². The Bertz CT molecular complexity index is 518. The van der Waals surface area contributed by atoms with Crippen LogP contribution in [0.1, 0.15) is 30.6 Å². The quantitative estimate of drug-likeness (QED) is 0.897. The molecule has 1 N–H and O–H groups in total. The van der Waals surface area contributed by atoms with Gasteiger partial charge in [0.1, 0.15) is 6.17 Å². The smallest absolute Gasteiger partial charge is 0.238 e. The van der Waals surface area contributed by atoms with Gasteiger partial charge in [-0.1, -0.05) is 29.8 Å². The van der Waals surface area contributed by atoms with Gasteiger partial charge < -0.3 is 4.90 Å². The largest absolute Gasteiger partial charge is 0.319 e. The van der Waals surface area contributed by atoms with Crippen LogP contribution in [0, 0.1) is 6.92 Å². The molecule has 0 bridgehead atoms. The average Bonchev–Trinajstić information content (AvgIpc) is 2.78. The van der Waals surface area contributed by atoms with E-state index in [1.807, 2.05) is 36.9 Å². The summed E-state index contributed by atoms with van der Waals surface area (Å²) in [6.45, 7) is 4.45. The Morgan fingerprint density at radius 2 is 2.25 bits per heavy atom. The molecule has 4 nitrogen and oxygen atoms in total. The van der Waals surface area contributed by atoms with Gasteiger partial charge in [0.05, 0.1) is 6.54 Å². The van der Waals surface area contributed by atoms with Gasteiger partial charge in [-0.05, 0) is 25.8 Å². The van der Waals surface area contributed by atoms with Gasteiger partial charge in [0.25, 0.3) is 0 Å². The first kappa shape index (κ1) is 15.2. The number of benzene rings is 1. The summed E-state index contributed by atoms with van der Waals surface area (Å²) in [6.07, 6.45) is 2.40. The van der Waals surface area contributed by atoms with E-state index in [4.69, 9.17) is 0 Å². The summed E-state index contributed by atoms with van der Waals surface area (Å²) in [5.74, 6) is 0.747. The molecule has 0 spiro atoms. The molecule has 0 radical (unpaired) electrons. The van der Waals surface area contributed by atoms with Crippen molar-refractivity contribution in [3.63, 3.8) is 0 Å². The van der Waals surface area contributed by atoms with Crippen LogP contribution in [0.2, 0.25) is 0 Å². The number of aryl methyl sites for hydroxylation is 1. The number of hydrogen-bond donors (Lipinski definition) is 1. The maximum absolute atomic E-state index is 12.1. The van der Waals surface area contributed by atoms with Gasteiger partial charge >= 0.3 is 0 Å². The van der Waals surface area contributed by atoms with E-state index >= 15 is 0 Å². The molecule has 1 aromatic carbocycles. The van der Waals surface area contributed by atoms with Gasteiger partial charge in [-0.3, -0.25) is 14.3 Å². The second kappa shape index (κ2) is 6.50. The third-order valence-electron chi connectivity index (χ3n) is 3.67. The minimum absolute atomic E-state index is 0.0670. The minimum Gasteiger partial charge on any atom is -0.319 e. The summed E-state index contributed by atoms with van der Waals surface area (Å²) < 4.78 is 11.2. The second-order valence-corrected chi connectivity index (χ2v) is 6.97. The van der Waals surface area contributed by atoms with Crippen molar-refractivity contribution in [2.24, 2.45) is 0 Å². The van der Waals surface area contributed by atoms with Crippen molar-refractivity contribution in [2.75, 3.05) is 18.6 Å². The monoisotopic (exact) mass is 294 g/mol. The van der Waals surface area contributed by atoms with Gasteiger partial charge in [0.15, 0.2) is 0 Å². The molecule has 0 aliphatic carbocycles. The molecule has 1 aliphatic heterocycles. The van der Waals surface area contributed by atoms with E-state index < -0.39 is 10.8 Å². The van der Waals surface area contributed by atoms with Crippen LogP contribution in [0.3, 0.4) is 0 Å². The van der Waals surface area contributed by atoms with Gasteiger partial charge in [-0.15, -0.1) is 0 Å². The number of carbonyl (C=O) groups excluding carboxylic acids is 1. The Hall–Kier alpha value is -1.20. The second-order valence-electron chi connectivity index (χ2n) is 5.41. The van der Waals surface area contributed by atoms with Crippen molar-refractivity contribution in [2.45, 2.75) is 32.5 Å². The molecule has 1 saturated heterocycles. The molecule has 1 heterocycles. The minimum atomic E-state index is -0.815. The predicted molar refractivity (Wildman–Crippen MR) is 81.8 cm³/mol. The van der Waals surface area contributed by atoms with E-state index in [0.29, 0.717) is 12.3 Å². The van der Waals surface area contributed by atoms with Crippen molar-refractivity contribution < 1.29 is 9.00 Å². The fourth-order valence-corrected chi connectivity index (χ4v) is 3.29. The lowest BCUT2D eigenvalue weighted by Crippen LogP contribution is -2.38. The Labute approximate surface area is 123 Å². The van der Waals surface area contributed by atoms with Crippen LogP contribution >= 0.6 is 0 Å². The van der Waals surface area contributed by atoms with Crippen molar-refractivity contribution in [1.29, 1.82) is 0 Å². The van der Waals surface area contributed by atoms with E-state index in [0.717, 1.165) is 12.0 Å². The predicted octanol–water partition coefficient (Wildman–Crippen LogP) is 1.58. The van der Waals surface area contributed by atoms with Crippen LogP contribution in [0.15, 0.2) is 24.3 Å². The Morgan fingerprint density at radius 1 is 1.50 bits per heavy atom. The summed E-state index contributed by atoms with van der Waals surface area (Å²) in [5.41, 5.74) is 2.30. The first-order chi connectivity index (χ1) is 9.49. The highest BCUT2D eigenvalue weighted by atomic mass is 32.2. The molecular weight excluding hydrogens is 272 g/mol. The van der Waals surface area contributed by atoms with Gasteiger partial charge in [-0.25, -0.2) is 0 Å². The van der Waals surface area contributed by atoms with Gasteiger partial charge in [-0.2, -0.15) is 0 Å². The summed E-state index contributed by atoms with van der Waals surface area (Å²) in [6, 6.07) is 8.30. The molecule has 0 aromatic heterocycles. The standard InChI is InChI=1S/C15H22N2O2S/c1-11-5-4-6-13(9-11)15-16-10-14(18)17(15)12(2)7-8-20(3)19/h4-6,9,12,15-16H,7-8,10H2,1-3H3. The third-order valence-corrected chi connectivity index (χ3v) is 4.48. The maximum Gasteiger partial charge on any atom is 0.238 e. The van der Waals surface area contributed by atoms with Crippen LogP contribution in [-0.4, -0.2) is 39.6 Å². The number of rotatable bonds is 5. The Morgan fingerprint density at radius 3 is 2.90 bits per heavy atom. The molecule has 0 saturated carbocycles. The lowest BCUT2D eigenvalue weighted by molar-refractivity contribution is -0.130. The van der Waals surface area contributed by atoms with E-state index in [1.165, 1.54) is 5.56 Å². The maximum atomic E-state index is 12.1. The zero-order valence-electron chi connectivity index (χ0n) is 12.3. The van der Waals surface area contributed by atoms with Gasteiger partial charge in [0, 0.05) is 28.9 Å².